The van der Waals surface area contributed by atoms with Crippen molar-refractivity contribution in [3.05, 3.63) is 23.5 Å². The zero-order valence-electron chi connectivity index (χ0n) is 11.4. The maximum absolute atomic E-state index is 5.49. The Morgan fingerprint density at radius 1 is 1.42 bits per heavy atom. The highest BCUT2D eigenvalue weighted by molar-refractivity contribution is 5.38. The fraction of sp³-hybridized carbons (Fsp3) is 0.667. The van der Waals surface area contributed by atoms with E-state index in [2.05, 4.69) is 9.88 Å². The summed E-state index contributed by atoms with van der Waals surface area (Å²) < 4.78 is 10.8. The van der Waals surface area contributed by atoms with E-state index in [9.17, 15) is 0 Å². The van der Waals surface area contributed by atoms with Crippen LogP contribution in [0.3, 0.4) is 0 Å². The van der Waals surface area contributed by atoms with Crippen LogP contribution >= 0.6 is 0 Å². The molecule has 1 aliphatic carbocycles. The Bertz CT molecular complexity index is 477. The molecule has 1 spiro atoms. The maximum atomic E-state index is 5.49. The van der Waals surface area contributed by atoms with E-state index in [1.165, 1.54) is 30.8 Å². The first kappa shape index (κ1) is 11.7. The monoisotopic (exact) mass is 260 g/mol. The number of aryl methyl sites for hydroxylation is 1. The lowest BCUT2D eigenvalue weighted by molar-refractivity contribution is -0.199. The number of nitrogens with zero attached hydrogens (tertiary/aromatic N) is 2. The smallest absolute Gasteiger partial charge is 0.125 e. The summed E-state index contributed by atoms with van der Waals surface area (Å²) in [6, 6.07) is 2.65. The Morgan fingerprint density at radius 2 is 2.26 bits per heavy atom. The highest BCUT2D eigenvalue weighted by atomic mass is 16.5. The standard InChI is InChI=1S/C15H20N2O2/c1-18-14-4-5-16-13-3-2-11(6-12(13)14)17-7-15(8-17)9-19-10-15/h4-5,11H,2-3,6-10H2,1H3. The van der Waals surface area contributed by atoms with Gasteiger partial charge in [0.2, 0.25) is 0 Å². The summed E-state index contributed by atoms with van der Waals surface area (Å²) in [4.78, 5) is 7.13. The van der Waals surface area contributed by atoms with Gasteiger partial charge in [0.1, 0.15) is 5.75 Å². The second kappa shape index (κ2) is 4.18. The predicted molar refractivity (Wildman–Crippen MR) is 71.4 cm³/mol. The number of rotatable bonds is 2. The van der Waals surface area contributed by atoms with Crippen molar-refractivity contribution in [1.29, 1.82) is 0 Å². The molecule has 4 heteroatoms. The van der Waals surface area contributed by atoms with Crippen molar-refractivity contribution < 1.29 is 9.47 Å². The first-order chi connectivity index (χ1) is 9.30. The van der Waals surface area contributed by atoms with Crippen molar-refractivity contribution in [1.82, 2.24) is 9.88 Å². The summed E-state index contributed by atoms with van der Waals surface area (Å²) in [7, 11) is 1.75. The first-order valence-corrected chi connectivity index (χ1v) is 7.12. The summed E-state index contributed by atoms with van der Waals surface area (Å²) in [5, 5.41) is 0. The van der Waals surface area contributed by atoms with Gasteiger partial charge in [0.05, 0.1) is 20.3 Å². The van der Waals surface area contributed by atoms with Gasteiger partial charge in [0, 0.05) is 42.0 Å². The molecule has 0 aromatic carbocycles. The minimum Gasteiger partial charge on any atom is -0.496 e. The fourth-order valence-corrected chi connectivity index (χ4v) is 3.74. The van der Waals surface area contributed by atoms with Gasteiger partial charge in [-0.15, -0.1) is 0 Å². The van der Waals surface area contributed by atoms with Gasteiger partial charge in [0.15, 0.2) is 0 Å². The number of hydrogen-bond donors (Lipinski definition) is 0. The fourth-order valence-electron chi connectivity index (χ4n) is 3.74. The van der Waals surface area contributed by atoms with Crippen LogP contribution in [-0.2, 0) is 17.6 Å². The summed E-state index contributed by atoms with van der Waals surface area (Å²) in [5.41, 5.74) is 3.07. The van der Waals surface area contributed by atoms with E-state index in [1.807, 2.05) is 12.3 Å². The van der Waals surface area contributed by atoms with Crippen LogP contribution in [0.2, 0.25) is 0 Å². The number of aromatic nitrogens is 1. The molecule has 19 heavy (non-hydrogen) atoms. The Hall–Kier alpha value is -1.13. The van der Waals surface area contributed by atoms with Crippen LogP contribution in [0.4, 0.5) is 0 Å². The summed E-state index contributed by atoms with van der Waals surface area (Å²) in [6.07, 6.45) is 5.26. The van der Waals surface area contributed by atoms with E-state index >= 15 is 0 Å². The Morgan fingerprint density at radius 3 is 2.95 bits per heavy atom. The molecule has 4 rings (SSSR count). The Balaban J connectivity index is 1.49. The third-order valence-electron chi connectivity index (χ3n) is 4.89. The van der Waals surface area contributed by atoms with E-state index in [0.29, 0.717) is 11.5 Å². The molecule has 4 nitrogen and oxygen atoms in total. The minimum absolute atomic E-state index is 0.513. The molecule has 0 radical (unpaired) electrons. The SMILES string of the molecule is COc1ccnc2c1CC(N1CC3(COC3)C1)CC2. The molecule has 2 aliphatic heterocycles. The van der Waals surface area contributed by atoms with Crippen LogP contribution in [0.1, 0.15) is 17.7 Å². The Labute approximate surface area is 113 Å². The van der Waals surface area contributed by atoms with Crippen molar-refractivity contribution >= 4 is 0 Å². The molecule has 0 N–H and O–H groups in total. The van der Waals surface area contributed by atoms with Crippen molar-refractivity contribution in [2.75, 3.05) is 33.4 Å². The maximum Gasteiger partial charge on any atom is 0.125 e. The summed E-state index contributed by atoms with van der Waals surface area (Å²) in [5.74, 6) is 1.01. The molecular formula is C15H20N2O2. The molecule has 1 atom stereocenters. The topological polar surface area (TPSA) is 34.6 Å². The third kappa shape index (κ3) is 1.77. The summed E-state index contributed by atoms with van der Waals surface area (Å²) in [6.45, 7) is 4.38. The van der Waals surface area contributed by atoms with E-state index in [1.54, 1.807) is 7.11 Å². The third-order valence-corrected chi connectivity index (χ3v) is 4.89. The molecule has 1 unspecified atom stereocenters. The van der Waals surface area contributed by atoms with Crippen LogP contribution in [0.5, 0.6) is 5.75 Å². The number of ether oxygens (including phenoxy) is 2. The molecule has 102 valence electrons. The largest absolute Gasteiger partial charge is 0.496 e. The van der Waals surface area contributed by atoms with Gasteiger partial charge in [-0.3, -0.25) is 9.88 Å². The molecule has 2 fully saturated rings. The van der Waals surface area contributed by atoms with Crippen LogP contribution in [0, 0.1) is 5.41 Å². The van der Waals surface area contributed by atoms with E-state index < -0.39 is 0 Å². The molecule has 1 aromatic heterocycles. The zero-order valence-corrected chi connectivity index (χ0v) is 11.4. The average Bonchev–Trinajstić information content (AvgIpc) is 2.34. The lowest BCUT2D eigenvalue weighted by Gasteiger charge is -2.58. The number of fused-ring (bicyclic) bond motifs is 1. The quantitative estimate of drug-likeness (QED) is 0.802. The second-order valence-corrected chi connectivity index (χ2v) is 6.23. The predicted octanol–water partition coefficient (Wildman–Crippen LogP) is 1.28. The zero-order chi connectivity index (χ0) is 12.9. The van der Waals surface area contributed by atoms with Crippen LogP contribution < -0.4 is 4.74 Å². The van der Waals surface area contributed by atoms with Gasteiger partial charge in [-0.2, -0.15) is 0 Å². The minimum atomic E-state index is 0.513. The molecule has 0 amide bonds. The number of likely N-dealkylation sites (tertiary alicyclic amines) is 1. The number of methoxy groups -OCH3 is 1. The normalized spacial score (nSPS) is 28.4. The lowest BCUT2D eigenvalue weighted by Crippen LogP contribution is -2.68. The van der Waals surface area contributed by atoms with Crippen LogP contribution in [0.15, 0.2) is 12.3 Å². The first-order valence-electron chi connectivity index (χ1n) is 7.12. The van der Waals surface area contributed by atoms with E-state index in [-0.39, 0.29) is 0 Å². The van der Waals surface area contributed by atoms with E-state index in [4.69, 9.17) is 9.47 Å². The van der Waals surface area contributed by atoms with E-state index in [0.717, 1.165) is 31.8 Å². The highest BCUT2D eigenvalue weighted by Crippen LogP contribution is 2.41. The lowest BCUT2D eigenvalue weighted by atomic mass is 9.75. The summed E-state index contributed by atoms with van der Waals surface area (Å²) >= 11 is 0. The van der Waals surface area contributed by atoms with Crippen LogP contribution in [0.25, 0.3) is 0 Å². The number of pyridine rings is 1. The molecule has 2 saturated heterocycles. The van der Waals surface area contributed by atoms with Crippen molar-refractivity contribution in [3.63, 3.8) is 0 Å². The van der Waals surface area contributed by atoms with Crippen molar-refractivity contribution in [2.24, 2.45) is 5.41 Å². The number of hydrogen-bond acceptors (Lipinski definition) is 4. The van der Waals surface area contributed by atoms with Gasteiger partial charge in [-0.25, -0.2) is 0 Å². The molecule has 1 aromatic rings. The average molecular weight is 260 g/mol. The van der Waals surface area contributed by atoms with Gasteiger partial charge in [0.25, 0.3) is 0 Å². The molecule has 3 heterocycles. The van der Waals surface area contributed by atoms with Gasteiger partial charge in [-0.05, 0) is 25.3 Å². The van der Waals surface area contributed by atoms with Gasteiger partial charge < -0.3 is 9.47 Å². The molecule has 0 bridgehead atoms. The Kier molecular flexibility index (Phi) is 2.57. The second-order valence-electron chi connectivity index (χ2n) is 6.23. The van der Waals surface area contributed by atoms with Crippen LogP contribution in [-0.4, -0.2) is 49.3 Å². The molecule has 3 aliphatic rings. The highest BCUT2D eigenvalue weighted by Gasteiger charge is 2.50. The van der Waals surface area contributed by atoms with Gasteiger partial charge >= 0.3 is 0 Å². The van der Waals surface area contributed by atoms with Crippen molar-refractivity contribution in [3.8, 4) is 5.75 Å². The molecular weight excluding hydrogens is 240 g/mol. The molecule has 0 saturated carbocycles. The van der Waals surface area contributed by atoms with Gasteiger partial charge in [-0.1, -0.05) is 0 Å². The van der Waals surface area contributed by atoms with Crippen molar-refractivity contribution in [2.45, 2.75) is 25.3 Å².